The van der Waals surface area contributed by atoms with Crippen LogP contribution in [0.2, 0.25) is 0 Å². The second kappa shape index (κ2) is 4.68. The summed E-state index contributed by atoms with van der Waals surface area (Å²) < 4.78 is 0. The Bertz CT molecular complexity index is 725. The van der Waals surface area contributed by atoms with Crippen LogP contribution in [0.5, 0.6) is 0 Å². The number of aromatic nitrogens is 4. The van der Waals surface area contributed by atoms with Crippen molar-refractivity contribution in [2.24, 2.45) is 0 Å². The van der Waals surface area contributed by atoms with Crippen LogP contribution >= 0.6 is 0 Å². The standard InChI is InChI=1S/C15H15N5/c1-2-13(16-5-1)15-19-8-10(9-20-15)11-3-6-17-14-12(11)4-7-18-14/h3-4,6-9,13,16H,1-2,5H2,(H,17,18). The number of hydrogen-bond donors (Lipinski definition) is 2. The number of H-pyrrole nitrogens is 1. The second-order valence-electron chi connectivity index (χ2n) is 5.08. The van der Waals surface area contributed by atoms with Gasteiger partial charge in [-0.15, -0.1) is 0 Å². The Hall–Kier alpha value is -2.27. The molecule has 1 atom stereocenters. The quantitative estimate of drug-likeness (QED) is 0.747. The van der Waals surface area contributed by atoms with Crippen LogP contribution in [0.3, 0.4) is 0 Å². The Morgan fingerprint density at radius 2 is 2.00 bits per heavy atom. The van der Waals surface area contributed by atoms with Crippen LogP contribution in [0.4, 0.5) is 0 Å². The van der Waals surface area contributed by atoms with Gasteiger partial charge in [-0.2, -0.15) is 0 Å². The molecule has 1 aliphatic rings. The summed E-state index contributed by atoms with van der Waals surface area (Å²) in [5, 5.41) is 4.52. The first-order valence-corrected chi connectivity index (χ1v) is 6.89. The molecule has 1 saturated heterocycles. The topological polar surface area (TPSA) is 66.5 Å². The predicted molar refractivity (Wildman–Crippen MR) is 77.1 cm³/mol. The van der Waals surface area contributed by atoms with Gasteiger partial charge < -0.3 is 10.3 Å². The highest BCUT2D eigenvalue weighted by molar-refractivity contribution is 5.92. The van der Waals surface area contributed by atoms with E-state index in [0.717, 1.165) is 41.0 Å². The van der Waals surface area contributed by atoms with Gasteiger partial charge in [0.2, 0.25) is 0 Å². The summed E-state index contributed by atoms with van der Waals surface area (Å²) in [5.74, 6) is 0.894. The lowest BCUT2D eigenvalue weighted by Crippen LogP contribution is -2.15. The summed E-state index contributed by atoms with van der Waals surface area (Å²) in [6.45, 7) is 1.06. The third kappa shape index (κ3) is 1.87. The Morgan fingerprint density at radius 3 is 2.80 bits per heavy atom. The Morgan fingerprint density at radius 1 is 1.10 bits per heavy atom. The smallest absolute Gasteiger partial charge is 0.145 e. The summed E-state index contributed by atoms with van der Waals surface area (Å²) in [6.07, 6.45) is 9.84. The maximum absolute atomic E-state index is 4.52. The molecule has 20 heavy (non-hydrogen) atoms. The molecule has 1 fully saturated rings. The molecule has 5 nitrogen and oxygen atoms in total. The maximum Gasteiger partial charge on any atom is 0.145 e. The van der Waals surface area contributed by atoms with Crippen molar-refractivity contribution < 1.29 is 0 Å². The van der Waals surface area contributed by atoms with Crippen molar-refractivity contribution in [3.05, 3.63) is 42.7 Å². The highest BCUT2D eigenvalue weighted by Crippen LogP contribution is 2.27. The number of nitrogens with one attached hydrogen (secondary N) is 2. The molecule has 100 valence electrons. The van der Waals surface area contributed by atoms with Crippen LogP contribution in [0.15, 0.2) is 36.9 Å². The Kier molecular flexibility index (Phi) is 2.70. The van der Waals surface area contributed by atoms with Crippen molar-refractivity contribution in [1.82, 2.24) is 25.3 Å². The minimum atomic E-state index is 0.314. The van der Waals surface area contributed by atoms with Crippen molar-refractivity contribution in [2.75, 3.05) is 6.54 Å². The number of fused-ring (bicyclic) bond motifs is 1. The van der Waals surface area contributed by atoms with E-state index in [1.54, 1.807) is 6.20 Å². The van der Waals surface area contributed by atoms with Gasteiger partial charge in [-0.1, -0.05) is 0 Å². The molecule has 0 saturated carbocycles. The number of aromatic amines is 1. The largest absolute Gasteiger partial charge is 0.346 e. The van der Waals surface area contributed by atoms with Crippen LogP contribution in [-0.2, 0) is 0 Å². The number of hydrogen-bond acceptors (Lipinski definition) is 4. The molecular formula is C15H15N5. The van der Waals surface area contributed by atoms with E-state index in [1.165, 1.54) is 6.42 Å². The Balaban J connectivity index is 1.73. The van der Waals surface area contributed by atoms with E-state index < -0.39 is 0 Å². The van der Waals surface area contributed by atoms with E-state index in [9.17, 15) is 0 Å². The third-order valence-electron chi connectivity index (χ3n) is 3.81. The average Bonchev–Trinajstić information content (AvgIpc) is 3.18. The minimum Gasteiger partial charge on any atom is -0.346 e. The molecule has 3 aromatic heterocycles. The van der Waals surface area contributed by atoms with Gasteiger partial charge in [0.05, 0.1) is 6.04 Å². The lowest BCUT2D eigenvalue weighted by molar-refractivity contribution is 0.605. The fraction of sp³-hybridized carbons (Fsp3) is 0.267. The van der Waals surface area contributed by atoms with Crippen LogP contribution in [0.25, 0.3) is 22.2 Å². The van der Waals surface area contributed by atoms with E-state index in [4.69, 9.17) is 0 Å². The number of rotatable bonds is 2. The van der Waals surface area contributed by atoms with E-state index in [1.807, 2.05) is 30.7 Å². The molecule has 0 spiro atoms. The van der Waals surface area contributed by atoms with E-state index >= 15 is 0 Å². The first kappa shape index (κ1) is 11.5. The predicted octanol–water partition coefficient (Wildman–Crippen LogP) is 2.44. The minimum absolute atomic E-state index is 0.314. The van der Waals surface area contributed by atoms with Crippen LogP contribution in [-0.4, -0.2) is 26.5 Å². The molecule has 1 aliphatic heterocycles. The molecule has 4 rings (SSSR count). The molecule has 4 heterocycles. The maximum atomic E-state index is 4.52. The van der Waals surface area contributed by atoms with Gasteiger partial charge in [0.15, 0.2) is 0 Å². The van der Waals surface area contributed by atoms with Crippen molar-refractivity contribution >= 4 is 11.0 Å². The normalized spacial score (nSPS) is 18.7. The van der Waals surface area contributed by atoms with Gasteiger partial charge in [0.1, 0.15) is 11.5 Å². The highest BCUT2D eigenvalue weighted by Gasteiger charge is 2.18. The fourth-order valence-corrected chi connectivity index (χ4v) is 2.77. The summed E-state index contributed by atoms with van der Waals surface area (Å²) in [7, 11) is 0. The SMILES string of the molecule is c1cc(-c2cnc(C3CCCN3)nc2)c2cc[nH]c2n1. The van der Waals surface area contributed by atoms with Crippen molar-refractivity contribution in [2.45, 2.75) is 18.9 Å². The molecule has 1 unspecified atom stereocenters. The van der Waals surface area contributed by atoms with Crippen molar-refractivity contribution in [3.8, 4) is 11.1 Å². The van der Waals surface area contributed by atoms with Gasteiger partial charge in [-0.3, -0.25) is 0 Å². The number of nitrogens with zero attached hydrogens (tertiary/aromatic N) is 3. The summed E-state index contributed by atoms with van der Waals surface area (Å²) in [6, 6.07) is 4.35. The monoisotopic (exact) mass is 265 g/mol. The summed E-state index contributed by atoms with van der Waals surface area (Å²) in [5.41, 5.74) is 3.03. The molecule has 0 aromatic carbocycles. The zero-order chi connectivity index (χ0) is 13.4. The molecule has 3 aromatic rings. The van der Waals surface area contributed by atoms with Crippen molar-refractivity contribution in [3.63, 3.8) is 0 Å². The van der Waals surface area contributed by atoms with Gasteiger partial charge in [0, 0.05) is 35.7 Å². The van der Waals surface area contributed by atoms with E-state index in [-0.39, 0.29) is 0 Å². The molecular weight excluding hydrogens is 250 g/mol. The van der Waals surface area contributed by atoms with Gasteiger partial charge in [-0.25, -0.2) is 15.0 Å². The lowest BCUT2D eigenvalue weighted by Gasteiger charge is -2.09. The molecule has 0 radical (unpaired) electrons. The lowest BCUT2D eigenvalue weighted by atomic mass is 10.1. The number of pyridine rings is 1. The highest BCUT2D eigenvalue weighted by atomic mass is 15.0. The van der Waals surface area contributed by atoms with Crippen LogP contribution < -0.4 is 5.32 Å². The van der Waals surface area contributed by atoms with E-state index in [2.05, 4.69) is 25.3 Å². The average molecular weight is 265 g/mol. The van der Waals surface area contributed by atoms with Crippen molar-refractivity contribution in [1.29, 1.82) is 0 Å². The first-order chi connectivity index (χ1) is 9.92. The fourth-order valence-electron chi connectivity index (χ4n) is 2.77. The van der Waals surface area contributed by atoms with Crippen LogP contribution in [0, 0.1) is 0 Å². The van der Waals surface area contributed by atoms with E-state index in [0.29, 0.717) is 6.04 Å². The summed E-state index contributed by atoms with van der Waals surface area (Å²) >= 11 is 0. The zero-order valence-corrected chi connectivity index (χ0v) is 11.0. The van der Waals surface area contributed by atoms with Crippen LogP contribution in [0.1, 0.15) is 24.7 Å². The second-order valence-corrected chi connectivity index (χ2v) is 5.08. The van der Waals surface area contributed by atoms with Gasteiger partial charge in [-0.05, 0) is 37.1 Å². The van der Waals surface area contributed by atoms with Gasteiger partial charge in [0.25, 0.3) is 0 Å². The molecule has 0 bridgehead atoms. The van der Waals surface area contributed by atoms with Gasteiger partial charge >= 0.3 is 0 Å². The first-order valence-electron chi connectivity index (χ1n) is 6.89. The zero-order valence-electron chi connectivity index (χ0n) is 11.0. The third-order valence-corrected chi connectivity index (χ3v) is 3.81. The molecule has 2 N–H and O–H groups in total. The molecule has 0 aliphatic carbocycles. The summed E-state index contributed by atoms with van der Waals surface area (Å²) in [4.78, 5) is 16.5. The molecule has 0 amide bonds. The molecule has 5 heteroatoms. The Labute approximate surface area is 116 Å².